The maximum atomic E-state index is 13.0. The maximum Gasteiger partial charge on any atom is 0.251 e. The third kappa shape index (κ3) is 6.78. The van der Waals surface area contributed by atoms with Gasteiger partial charge in [0.2, 0.25) is 5.75 Å². The molecule has 3 rings (SSSR count). The van der Waals surface area contributed by atoms with Crippen LogP contribution in [0.15, 0.2) is 42.5 Å². The van der Waals surface area contributed by atoms with Crippen LogP contribution >= 0.6 is 12.4 Å². The molecule has 0 saturated carbocycles. The van der Waals surface area contributed by atoms with Crippen LogP contribution in [0.1, 0.15) is 23.7 Å². The Morgan fingerprint density at radius 3 is 2.63 bits per heavy atom. The molecular weight excluding hydrogens is 411 g/mol. The number of hydrogen-bond donors (Lipinski definition) is 1. The highest BCUT2D eigenvalue weighted by Gasteiger charge is 2.17. The van der Waals surface area contributed by atoms with Crippen molar-refractivity contribution in [2.75, 3.05) is 46.0 Å². The average Bonchev–Trinajstić information content (AvgIpc) is 2.74. The predicted molar refractivity (Wildman–Crippen MR) is 116 cm³/mol. The van der Waals surface area contributed by atoms with Gasteiger partial charge in [-0.2, -0.15) is 0 Å². The normalized spacial score (nSPS) is 12.2. The van der Waals surface area contributed by atoms with Crippen LogP contribution in [-0.2, 0) is 0 Å². The number of hydrogen-bond acceptors (Lipinski definition) is 5. The number of benzene rings is 2. The fraction of sp³-hybridized carbons (Fsp3) is 0.409. The minimum atomic E-state index is -0.354. The highest BCUT2D eigenvalue weighted by atomic mass is 35.5. The van der Waals surface area contributed by atoms with Crippen molar-refractivity contribution in [3.63, 3.8) is 0 Å². The van der Waals surface area contributed by atoms with Crippen LogP contribution in [0.4, 0.5) is 4.39 Å². The maximum absolute atomic E-state index is 13.0. The van der Waals surface area contributed by atoms with Gasteiger partial charge >= 0.3 is 0 Å². The minimum absolute atomic E-state index is 0. The molecule has 0 saturated heterocycles. The SMILES string of the molecule is CCCN(CCNC(=O)c1ccc(F)cc1)CCOc1cccc2c1OCCO2.Cl. The summed E-state index contributed by atoms with van der Waals surface area (Å²) in [4.78, 5) is 14.4. The van der Waals surface area contributed by atoms with E-state index in [4.69, 9.17) is 14.2 Å². The molecule has 0 spiro atoms. The first-order chi connectivity index (χ1) is 14.2. The van der Waals surface area contributed by atoms with Crippen molar-refractivity contribution < 1.29 is 23.4 Å². The van der Waals surface area contributed by atoms with Crippen molar-refractivity contribution in [2.24, 2.45) is 0 Å². The highest BCUT2D eigenvalue weighted by molar-refractivity contribution is 5.94. The van der Waals surface area contributed by atoms with E-state index >= 15 is 0 Å². The third-order valence-corrected chi connectivity index (χ3v) is 4.55. The van der Waals surface area contributed by atoms with Crippen molar-refractivity contribution in [3.8, 4) is 17.2 Å². The molecule has 0 radical (unpaired) electrons. The standard InChI is InChI=1S/C22H27FN2O4.ClH/c1-2-11-25(12-10-24-22(26)17-6-8-18(23)9-7-17)13-14-27-19-4-3-5-20-21(19)29-16-15-28-20;/h3-9H,2,10-16H2,1H3,(H,24,26);1H. The van der Waals surface area contributed by atoms with E-state index in [0.29, 0.717) is 55.7 Å². The molecule has 1 heterocycles. The van der Waals surface area contributed by atoms with Crippen molar-refractivity contribution in [3.05, 3.63) is 53.8 Å². The Morgan fingerprint density at radius 2 is 1.87 bits per heavy atom. The third-order valence-electron chi connectivity index (χ3n) is 4.55. The zero-order chi connectivity index (χ0) is 20.5. The molecule has 1 N–H and O–H groups in total. The Bertz CT molecular complexity index is 804. The van der Waals surface area contributed by atoms with Gasteiger partial charge in [0.25, 0.3) is 5.91 Å². The lowest BCUT2D eigenvalue weighted by molar-refractivity contribution is 0.0947. The van der Waals surface area contributed by atoms with Crippen LogP contribution in [0.25, 0.3) is 0 Å². The second kappa shape index (κ2) is 12.2. The fourth-order valence-corrected chi connectivity index (χ4v) is 3.13. The Balaban J connectivity index is 0.00000320. The molecule has 2 aromatic rings. The molecule has 0 unspecified atom stereocenters. The van der Waals surface area contributed by atoms with Gasteiger partial charge in [-0.1, -0.05) is 13.0 Å². The van der Waals surface area contributed by atoms with Crippen LogP contribution in [-0.4, -0.2) is 56.8 Å². The number of nitrogens with zero attached hydrogens (tertiary/aromatic N) is 1. The van der Waals surface area contributed by atoms with E-state index in [9.17, 15) is 9.18 Å². The van der Waals surface area contributed by atoms with E-state index in [1.165, 1.54) is 24.3 Å². The van der Waals surface area contributed by atoms with E-state index in [0.717, 1.165) is 19.5 Å². The van der Waals surface area contributed by atoms with Crippen molar-refractivity contribution in [1.29, 1.82) is 0 Å². The number of fused-ring (bicyclic) bond motifs is 1. The summed E-state index contributed by atoms with van der Waals surface area (Å²) in [7, 11) is 0. The number of rotatable bonds is 10. The van der Waals surface area contributed by atoms with Gasteiger partial charge < -0.3 is 19.5 Å². The monoisotopic (exact) mass is 438 g/mol. The largest absolute Gasteiger partial charge is 0.488 e. The molecule has 164 valence electrons. The van der Waals surface area contributed by atoms with Gasteiger partial charge in [-0.05, 0) is 49.4 Å². The van der Waals surface area contributed by atoms with E-state index < -0.39 is 0 Å². The summed E-state index contributed by atoms with van der Waals surface area (Å²) in [6.07, 6.45) is 1.00. The number of nitrogens with one attached hydrogen (secondary N) is 1. The summed E-state index contributed by atoms with van der Waals surface area (Å²) < 4.78 is 30.1. The lowest BCUT2D eigenvalue weighted by Gasteiger charge is -2.23. The summed E-state index contributed by atoms with van der Waals surface area (Å²) >= 11 is 0. The highest BCUT2D eigenvalue weighted by Crippen LogP contribution is 2.38. The average molecular weight is 439 g/mol. The second-order valence-electron chi connectivity index (χ2n) is 6.73. The smallest absolute Gasteiger partial charge is 0.251 e. The molecule has 1 amide bonds. The molecule has 0 atom stereocenters. The molecule has 0 fully saturated rings. The zero-order valence-corrected chi connectivity index (χ0v) is 17.9. The topological polar surface area (TPSA) is 60.0 Å². The van der Waals surface area contributed by atoms with Gasteiger partial charge in [-0.3, -0.25) is 9.69 Å². The number of amides is 1. The van der Waals surface area contributed by atoms with E-state index in [2.05, 4.69) is 17.1 Å². The zero-order valence-electron chi connectivity index (χ0n) is 17.1. The number of halogens is 2. The summed E-state index contributed by atoms with van der Waals surface area (Å²) in [5.74, 6) is 1.50. The Labute approximate surface area is 182 Å². The molecule has 30 heavy (non-hydrogen) atoms. The summed E-state index contributed by atoms with van der Waals surface area (Å²) in [6, 6.07) is 11.2. The lowest BCUT2D eigenvalue weighted by atomic mass is 10.2. The van der Waals surface area contributed by atoms with Gasteiger partial charge in [0.05, 0.1) is 0 Å². The number of carbonyl (C=O) groups is 1. The molecule has 0 aromatic heterocycles. The predicted octanol–water partition coefficient (Wildman–Crippen LogP) is 3.54. The molecule has 0 bridgehead atoms. The second-order valence-corrected chi connectivity index (χ2v) is 6.73. The van der Waals surface area contributed by atoms with Gasteiger partial charge in [0.1, 0.15) is 25.6 Å². The summed E-state index contributed by atoms with van der Waals surface area (Å²) in [6.45, 7) is 6.53. The van der Waals surface area contributed by atoms with Gasteiger partial charge in [0.15, 0.2) is 11.5 Å². The molecule has 2 aromatic carbocycles. The van der Waals surface area contributed by atoms with Crippen molar-refractivity contribution >= 4 is 18.3 Å². The molecule has 8 heteroatoms. The minimum Gasteiger partial charge on any atom is -0.488 e. The Kier molecular flexibility index (Phi) is 9.70. The van der Waals surface area contributed by atoms with Gasteiger partial charge in [-0.15, -0.1) is 12.4 Å². The molecule has 1 aliphatic heterocycles. The first kappa shape index (κ1) is 23.8. The number of carbonyl (C=O) groups excluding carboxylic acids is 1. The van der Waals surface area contributed by atoms with E-state index in [1.54, 1.807) is 0 Å². The molecular formula is C22H28ClFN2O4. The molecule has 0 aliphatic carbocycles. The van der Waals surface area contributed by atoms with Crippen molar-refractivity contribution in [1.82, 2.24) is 10.2 Å². The number of ether oxygens (including phenoxy) is 3. The fourth-order valence-electron chi connectivity index (χ4n) is 3.13. The van der Waals surface area contributed by atoms with E-state index in [1.807, 2.05) is 18.2 Å². The lowest BCUT2D eigenvalue weighted by Crippen LogP contribution is -2.37. The first-order valence-corrected chi connectivity index (χ1v) is 9.95. The first-order valence-electron chi connectivity index (χ1n) is 9.95. The van der Waals surface area contributed by atoms with Crippen LogP contribution in [0.5, 0.6) is 17.2 Å². The summed E-state index contributed by atoms with van der Waals surface area (Å²) in [5.41, 5.74) is 0.452. The molecule has 1 aliphatic rings. The van der Waals surface area contributed by atoms with Crippen molar-refractivity contribution in [2.45, 2.75) is 13.3 Å². The quantitative estimate of drug-likeness (QED) is 0.614. The van der Waals surface area contributed by atoms with E-state index in [-0.39, 0.29) is 24.1 Å². The molecule has 6 nitrogen and oxygen atoms in total. The number of para-hydroxylation sites is 1. The van der Waals surface area contributed by atoms with Crippen LogP contribution < -0.4 is 19.5 Å². The van der Waals surface area contributed by atoms with Crippen LogP contribution in [0, 0.1) is 5.82 Å². The van der Waals surface area contributed by atoms with Crippen LogP contribution in [0.3, 0.4) is 0 Å². The van der Waals surface area contributed by atoms with Crippen LogP contribution in [0.2, 0.25) is 0 Å². The van der Waals surface area contributed by atoms with Gasteiger partial charge in [0, 0.05) is 25.2 Å². The summed E-state index contributed by atoms with van der Waals surface area (Å²) in [5, 5.41) is 2.88. The Hall–Kier alpha value is -2.51. The van der Waals surface area contributed by atoms with Gasteiger partial charge in [-0.25, -0.2) is 4.39 Å². The Morgan fingerprint density at radius 1 is 1.10 bits per heavy atom.